The summed E-state index contributed by atoms with van der Waals surface area (Å²) in [7, 11) is 0. The summed E-state index contributed by atoms with van der Waals surface area (Å²) in [6.07, 6.45) is 1.60. The normalized spacial score (nSPS) is 11.0. The van der Waals surface area contributed by atoms with Gasteiger partial charge in [0.2, 0.25) is 0 Å². The lowest BCUT2D eigenvalue weighted by molar-refractivity contribution is -0.382. The summed E-state index contributed by atoms with van der Waals surface area (Å²) in [6.45, 7) is 0.385. The zero-order valence-electron chi connectivity index (χ0n) is 12.9. The number of aromatic amines is 2. The number of aromatic nitrogens is 3. The fourth-order valence-corrected chi connectivity index (χ4v) is 2.86. The highest BCUT2D eigenvalue weighted by atomic mass is 16.6. The number of benzene rings is 2. The standard InChI is InChI=1S/C17H13N5O3/c23-17-20-13-4-3-10(8-15(13)21-17)9-19-14-6-5-12-11(2-1-7-18-12)16(14)22(24)25/h1-8,19H,9H2,(H2,20,21,23). The SMILES string of the molecule is O=c1[nH]c2ccc(CNc3ccc4ncccc4c3[N+](=O)[O-])cc2[nH]1. The number of nitrogens with zero attached hydrogens (tertiary/aromatic N) is 2. The van der Waals surface area contributed by atoms with Gasteiger partial charge in [0.1, 0.15) is 5.69 Å². The molecule has 3 N–H and O–H groups in total. The third-order valence-electron chi connectivity index (χ3n) is 4.00. The number of fused-ring (bicyclic) bond motifs is 2. The number of hydrogen-bond acceptors (Lipinski definition) is 5. The van der Waals surface area contributed by atoms with Crippen molar-refractivity contribution in [2.45, 2.75) is 6.54 Å². The molecule has 0 saturated heterocycles. The van der Waals surface area contributed by atoms with Gasteiger partial charge < -0.3 is 15.3 Å². The number of imidazole rings is 1. The Hall–Kier alpha value is -3.68. The highest BCUT2D eigenvalue weighted by molar-refractivity contribution is 5.94. The van der Waals surface area contributed by atoms with E-state index in [1.807, 2.05) is 12.1 Å². The maximum atomic E-state index is 11.5. The Balaban J connectivity index is 1.68. The zero-order valence-corrected chi connectivity index (χ0v) is 12.9. The van der Waals surface area contributed by atoms with Crippen molar-refractivity contribution in [3.8, 4) is 0 Å². The molecule has 0 amide bonds. The molecule has 4 rings (SSSR count). The first-order valence-electron chi connectivity index (χ1n) is 7.59. The molecule has 2 aromatic carbocycles. The van der Waals surface area contributed by atoms with Crippen LogP contribution in [0.1, 0.15) is 5.56 Å². The van der Waals surface area contributed by atoms with E-state index in [0.29, 0.717) is 28.7 Å². The fourth-order valence-electron chi connectivity index (χ4n) is 2.86. The highest BCUT2D eigenvalue weighted by Crippen LogP contribution is 2.32. The molecule has 4 aromatic rings. The maximum absolute atomic E-state index is 11.5. The van der Waals surface area contributed by atoms with Crippen molar-refractivity contribution in [1.82, 2.24) is 15.0 Å². The molecule has 0 saturated carbocycles. The number of hydrogen-bond donors (Lipinski definition) is 3. The minimum atomic E-state index is -0.404. The highest BCUT2D eigenvalue weighted by Gasteiger charge is 2.18. The van der Waals surface area contributed by atoms with Gasteiger partial charge in [0.05, 0.1) is 26.9 Å². The summed E-state index contributed by atoms with van der Waals surface area (Å²) in [5.74, 6) is 0. The quantitative estimate of drug-likeness (QED) is 0.391. The van der Waals surface area contributed by atoms with E-state index in [1.54, 1.807) is 36.5 Å². The van der Waals surface area contributed by atoms with Crippen LogP contribution >= 0.6 is 0 Å². The lowest BCUT2D eigenvalue weighted by Gasteiger charge is -2.09. The van der Waals surface area contributed by atoms with Crippen molar-refractivity contribution in [2.75, 3.05) is 5.32 Å². The van der Waals surface area contributed by atoms with Crippen LogP contribution in [0.25, 0.3) is 21.9 Å². The first kappa shape index (κ1) is 14.9. The van der Waals surface area contributed by atoms with E-state index in [9.17, 15) is 14.9 Å². The summed E-state index contributed by atoms with van der Waals surface area (Å²) >= 11 is 0. The van der Waals surface area contributed by atoms with Crippen molar-refractivity contribution in [2.24, 2.45) is 0 Å². The molecule has 0 spiro atoms. The molecule has 0 fully saturated rings. The molecule has 0 radical (unpaired) electrons. The van der Waals surface area contributed by atoms with Gasteiger partial charge in [-0.25, -0.2) is 4.79 Å². The average molecular weight is 335 g/mol. The predicted octanol–water partition coefficient (Wildman–Crippen LogP) is 2.92. The Morgan fingerprint density at radius 1 is 1.12 bits per heavy atom. The molecule has 0 aliphatic carbocycles. The molecule has 124 valence electrons. The van der Waals surface area contributed by atoms with E-state index >= 15 is 0 Å². The van der Waals surface area contributed by atoms with Gasteiger partial charge in [-0.3, -0.25) is 15.1 Å². The van der Waals surface area contributed by atoms with Gasteiger partial charge in [-0.05, 0) is 42.0 Å². The smallest absolute Gasteiger partial charge is 0.323 e. The number of rotatable bonds is 4. The maximum Gasteiger partial charge on any atom is 0.323 e. The number of nitrogens with one attached hydrogen (secondary N) is 3. The predicted molar refractivity (Wildman–Crippen MR) is 94.6 cm³/mol. The molecular weight excluding hydrogens is 322 g/mol. The third kappa shape index (κ3) is 2.69. The molecule has 0 aliphatic heterocycles. The summed E-state index contributed by atoms with van der Waals surface area (Å²) < 4.78 is 0. The largest absolute Gasteiger partial charge is 0.375 e. The van der Waals surface area contributed by atoms with Crippen molar-refractivity contribution in [3.05, 3.63) is 74.8 Å². The molecule has 0 aliphatic rings. The van der Waals surface area contributed by atoms with Crippen molar-refractivity contribution in [3.63, 3.8) is 0 Å². The Labute approximate surface area is 140 Å². The third-order valence-corrected chi connectivity index (χ3v) is 4.00. The lowest BCUT2D eigenvalue weighted by Crippen LogP contribution is -2.03. The van der Waals surface area contributed by atoms with Crippen LogP contribution in [0, 0.1) is 10.1 Å². The number of anilines is 1. The topological polar surface area (TPSA) is 117 Å². The first-order chi connectivity index (χ1) is 12.1. The second-order valence-corrected chi connectivity index (χ2v) is 5.60. The summed E-state index contributed by atoms with van der Waals surface area (Å²) in [4.78, 5) is 32.0. The van der Waals surface area contributed by atoms with Gasteiger partial charge in [-0.2, -0.15) is 0 Å². The molecule has 0 unspecified atom stereocenters. The van der Waals surface area contributed by atoms with Crippen LogP contribution in [0.4, 0.5) is 11.4 Å². The summed E-state index contributed by atoms with van der Waals surface area (Å²) in [6, 6.07) is 12.2. The van der Waals surface area contributed by atoms with Crippen LogP contribution in [0.15, 0.2) is 53.5 Å². The van der Waals surface area contributed by atoms with E-state index in [1.165, 1.54) is 0 Å². The molecule has 8 nitrogen and oxygen atoms in total. The Morgan fingerprint density at radius 3 is 2.80 bits per heavy atom. The van der Waals surface area contributed by atoms with E-state index in [0.717, 1.165) is 11.1 Å². The van der Waals surface area contributed by atoms with E-state index < -0.39 is 4.92 Å². The summed E-state index contributed by atoms with van der Waals surface area (Å²) in [5.41, 5.74) is 3.04. The van der Waals surface area contributed by atoms with Crippen LogP contribution < -0.4 is 11.0 Å². The van der Waals surface area contributed by atoms with E-state index in [-0.39, 0.29) is 11.4 Å². The Morgan fingerprint density at radius 2 is 1.96 bits per heavy atom. The molecule has 2 heterocycles. The van der Waals surface area contributed by atoms with Gasteiger partial charge in [-0.1, -0.05) is 6.07 Å². The van der Waals surface area contributed by atoms with Gasteiger partial charge >= 0.3 is 11.4 Å². The molecule has 25 heavy (non-hydrogen) atoms. The van der Waals surface area contributed by atoms with Crippen LogP contribution in [0.2, 0.25) is 0 Å². The van der Waals surface area contributed by atoms with Crippen LogP contribution in [-0.2, 0) is 6.54 Å². The van der Waals surface area contributed by atoms with Crippen LogP contribution in [0.5, 0.6) is 0 Å². The number of nitro groups is 1. The zero-order chi connectivity index (χ0) is 17.4. The van der Waals surface area contributed by atoms with Crippen molar-refractivity contribution >= 4 is 33.3 Å². The number of H-pyrrole nitrogens is 2. The Kier molecular flexibility index (Phi) is 3.42. The van der Waals surface area contributed by atoms with E-state index in [4.69, 9.17) is 0 Å². The fraction of sp³-hybridized carbons (Fsp3) is 0.0588. The minimum Gasteiger partial charge on any atom is -0.375 e. The molecule has 2 aromatic heterocycles. The van der Waals surface area contributed by atoms with Gasteiger partial charge in [0.25, 0.3) is 0 Å². The van der Waals surface area contributed by atoms with Crippen molar-refractivity contribution in [1.29, 1.82) is 0 Å². The number of pyridine rings is 1. The minimum absolute atomic E-state index is 0.00160. The number of nitro benzene ring substituents is 1. The molecule has 0 atom stereocenters. The van der Waals surface area contributed by atoms with Crippen molar-refractivity contribution < 1.29 is 4.92 Å². The first-order valence-corrected chi connectivity index (χ1v) is 7.59. The summed E-state index contributed by atoms with van der Waals surface area (Å²) in [5, 5.41) is 15.1. The average Bonchev–Trinajstić information content (AvgIpc) is 2.98. The second-order valence-electron chi connectivity index (χ2n) is 5.60. The Bertz CT molecular complexity index is 1160. The van der Waals surface area contributed by atoms with Crippen LogP contribution in [0.3, 0.4) is 0 Å². The van der Waals surface area contributed by atoms with Gasteiger partial charge in [-0.15, -0.1) is 0 Å². The molecular formula is C17H13N5O3. The second kappa shape index (κ2) is 5.75. The monoisotopic (exact) mass is 335 g/mol. The lowest BCUT2D eigenvalue weighted by atomic mass is 10.1. The van der Waals surface area contributed by atoms with E-state index in [2.05, 4.69) is 20.3 Å². The van der Waals surface area contributed by atoms with Gasteiger partial charge in [0.15, 0.2) is 0 Å². The van der Waals surface area contributed by atoms with Crippen LogP contribution in [-0.4, -0.2) is 19.9 Å². The molecule has 0 bridgehead atoms. The van der Waals surface area contributed by atoms with Gasteiger partial charge in [0, 0.05) is 12.7 Å². The molecule has 8 heteroatoms.